The highest BCUT2D eigenvalue weighted by Crippen LogP contribution is 2.59. The van der Waals surface area contributed by atoms with Crippen LogP contribution < -0.4 is 5.32 Å². The molecule has 2 fully saturated rings. The first-order chi connectivity index (χ1) is 13.3. The summed E-state index contributed by atoms with van der Waals surface area (Å²) >= 11 is 6.06. The maximum Gasteiger partial charge on any atom is 0.228 e. The Morgan fingerprint density at radius 2 is 1.86 bits per heavy atom. The van der Waals surface area contributed by atoms with Gasteiger partial charge in [0, 0.05) is 28.7 Å². The molecule has 1 aliphatic carbocycles. The number of phenols is 1. The minimum atomic E-state index is 0.120. The fraction of sp³-hybridized carbons (Fsp3) is 0.435. The molecule has 5 heteroatoms. The van der Waals surface area contributed by atoms with Gasteiger partial charge in [0.15, 0.2) is 0 Å². The summed E-state index contributed by atoms with van der Waals surface area (Å²) in [6.07, 6.45) is 3.04. The Kier molecular flexibility index (Phi) is 5.11. The lowest BCUT2D eigenvalue weighted by atomic mass is 9.90. The molecule has 4 nitrogen and oxygen atoms in total. The van der Waals surface area contributed by atoms with E-state index in [-0.39, 0.29) is 17.2 Å². The molecule has 0 unspecified atom stereocenters. The van der Waals surface area contributed by atoms with Crippen LogP contribution in [0.3, 0.4) is 0 Å². The zero-order valence-corrected chi connectivity index (χ0v) is 17.2. The average molecular weight is 399 g/mol. The van der Waals surface area contributed by atoms with Crippen molar-refractivity contribution >= 4 is 23.2 Å². The van der Waals surface area contributed by atoms with Gasteiger partial charge in [-0.2, -0.15) is 0 Å². The van der Waals surface area contributed by atoms with Crippen LogP contribution in [-0.2, 0) is 11.3 Å². The molecular weight excluding hydrogens is 372 g/mol. The van der Waals surface area contributed by atoms with Crippen molar-refractivity contribution in [3.8, 4) is 5.75 Å². The predicted molar refractivity (Wildman–Crippen MR) is 113 cm³/mol. The molecule has 1 spiro atoms. The summed E-state index contributed by atoms with van der Waals surface area (Å²) in [7, 11) is 0. The molecule has 0 aromatic heterocycles. The summed E-state index contributed by atoms with van der Waals surface area (Å²) in [6, 6.07) is 11.4. The molecule has 1 aliphatic heterocycles. The van der Waals surface area contributed by atoms with Crippen molar-refractivity contribution in [2.45, 2.75) is 39.7 Å². The molecule has 2 N–H and O–H groups in total. The lowest BCUT2D eigenvalue weighted by Gasteiger charge is -2.33. The molecule has 1 saturated heterocycles. The molecule has 1 atom stereocenters. The van der Waals surface area contributed by atoms with E-state index in [9.17, 15) is 9.90 Å². The van der Waals surface area contributed by atoms with Gasteiger partial charge in [-0.15, -0.1) is 0 Å². The number of carbonyl (C=O) groups is 1. The van der Waals surface area contributed by atoms with E-state index in [1.54, 1.807) is 12.1 Å². The fourth-order valence-corrected chi connectivity index (χ4v) is 4.82. The zero-order valence-electron chi connectivity index (χ0n) is 16.5. The third-order valence-electron chi connectivity index (χ3n) is 6.28. The van der Waals surface area contributed by atoms with Crippen molar-refractivity contribution in [2.75, 3.05) is 18.4 Å². The average Bonchev–Trinajstić information content (AvgIpc) is 3.33. The Balaban J connectivity index is 1.33. The second-order valence-electron chi connectivity index (χ2n) is 8.53. The quantitative estimate of drug-likeness (QED) is 0.769. The van der Waals surface area contributed by atoms with Gasteiger partial charge in [-0.05, 0) is 93.1 Å². The lowest BCUT2D eigenvalue weighted by molar-refractivity contribution is -0.118. The van der Waals surface area contributed by atoms with E-state index in [0.717, 1.165) is 43.6 Å². The molecule has 1 saturated carbocycles. The van der Waals surface area contributed by atoms with Crippen LogP contribution in [0.4, 0.5) is 5.69 Å². The van der Waals surface area contributed by atoms with Crippen molar-refractivity contribution < 1.29 is 9.90 Å². The minimum Gasteiger partial charge on any atom is -0.508 e. The van der Waals surface area contributed by atoms with Crippen LogP contribution in [-0.4, -0.2) is 29.0 Å². The Bertz CT molecular complexity index is 883. The number of nitrogens with one attached hydrogen (secondary N) is 1. The number of carbonyl (C=O) groups excluding carboxylic acids is 1. The summed E-state index contributed by atoms with van der Waals surface area (Å²) in [6.45, 7) is 6.68. The molecule has 148 valence electrons. The van der Waals surface area contributed by atoms with Gasteiger partial charge >= 0.3 is 0 Å². The number of halogens is 1. The smallest absolute Gasteiger partial charge is 0.228 e. The molecule has 0 radical (unpaired) electrons. The van der Waals surface area contributed by atoms with E-state index in [0.29, 0.717) is 17.3 Å². The number of hydrogen-bond donors (Lipinski definition) is 2. The first-order valence-corrected chi connectivity index (χ1v) is 10.3. The fourth-order valence-electron chi connectivity index (χ4n) is 4.63. The van der Waals surface area contributed by atoms with Gasteiger partial charge in [-0.25, -0.2) is 0 Å². The number of aryl methyl sites for hydroxylation is 2. The predicted octanol–water partition coefficient (Wildman–Crippen LogP) is 4.90. The third kappa shape index (κ3) is 4.03. The Morgan fingerprint density at radius 3 is 2.54 bits per heavy atom. The Morgan fingerprint density at radius 1 is 1.18 bits per heavy atom. The maximum absolute atomic E-state index is 12.8. The number of likely N-dealkylation sites (tertiary alicyclic amines) is 1. The zero-order chi connectivity index (χ0) is 19.9. The largest absolute Gasteiger partial charge is 0.508 e. The number of nitrogens with zero attached hydrogens (tertiary/aromatic N) is 1. The van der Waals surface area contributed by atoms with Gasteiger partial charge in [0.05, 0.1) is 0 Å². The van der Waals surface area contributed by atoms with E-state index >= 15 is 0 Å². The van der Waals surface area contributed by atoms with Gasteiger partial charge in [0.1, 0.15) is 5.75 Å². The topological polar surface area (TPSA) is 52.6 Å². The molecule has 2 aromatic rings. The first kappa shape index (κ1) is 19.3. The van der Waals surface area contributed by atoms with Crippen LogP contribution in [0.5, 0.6) is 5.75 Å². The lowest BCUT2D eigenvalue weighted by Crippen LogP contribution is -2.35. The summed E-state index contributed by atoms with van der Waals surface area (Å²) in [4.78, 5) is 15.1. The van der Waals surface area contributed by atoms with Crippen molar-refractivity contribution in [3.05, 3.63) is 58.1 Å². The molecule has 2 aliphatic rings. The summed E-state index contributed by atoms with van der Waals surface area (Å²) in [5.74, 6) is 0.572. The van der Waals surface area contributed by atoms with Crippen molar-refractivity contribution in [2.24, 2.45) is 11.3 Å². The second kappa shape index (κ2) is 7.41. The number of aromatic hydroxyl groups is 1. The van der Waals surface area contributed by atoms with Crippen LogP contribution in [0.2, 0.25) is 5.02 Å². The van der Waals surface area contributed by atoms with Crippen molar-refractivity contribution in [1.29, 1.82) is 0 Å². The molecule has 4 rings (SSSR count). The SMILES string of the molecule is Cc1cc(C)cc(NC(=O)[C@H]2CC23CCN(Cc2cc(Cl)ccc2O)CC3)c1. The van der Waals surface area contributed by atoms with Crippen LogP contribution in [0.1, 0.15) is 36.0 Å². The number of piperidine rings is 1. The van der Waals surface area contributed by atoms with E-state index in [2.05, 4.69) is 30.1 Å². The summed E-state index contributed by atoms with van der Waals surface area (Å²) in [5.41, 5.74) is 4.26. The molecule has 28 heavy (non-hydrogen) atoms. The van der Waals surface area contributed by atoms with Crippen LogP contribution in [0.25, 0.3) is 0 Å². The van der Waals surface area contributed by atoms with Crippen LogP contribution in [0, 0.1) is 25.2 Å². The summed E-state index contributed by atoms with van der Waals surface area (Å²) in [5, 5.41) is 13.8. The number of anilines is 1. The molecule has 1 amide bonds. The molecule has 1 heterocycles. The van der Waals surface area contributed by atoms with E-state index in [1.165, 1.54) is 11.1 Å². The molecule has 2 aromatic carbocycles. The van der Waals surface area contributed by atoms with E-state index in [4.69, 9.17) is 11.6 Å². The molecular formula is C23H27ClN2O2. The highest BCUT2D eigenvalue weighted by atomic mass is 35.5. The number of amides is 1. The van der Waals surface area contributed by atoms with Gasteiger partial charge in [0.25, 0.3) is 0 Å². The monoisotopic (exact) mass is 398 g/mol. The minimum absolute atomic E-state index is 0.120. The van der Waals surface area contributed by atoms with Crippen LogP contribution in [0.15, 0.2) is 36.4 Å². The highest BCUT2D eigenvalue weighted by molar-refractivity contribution is 6.30. The molecule has 0 bridgehead atoms. The van der Waals surface area contributed by atoms with Gasteiger partial charge < -0.3 is 10.4 Å². The van der Waals surface area contributed by atoms with Crippen molar-refractivity contribution in [1.82, 2.24) is 4.90 Å². The van der Waals surface area contributed by atoms with Gasteiger partial charge in [-0.1, -0.05) is 17.7 Å². The maximum atomic E-state index is 12.8. The highest BCUT2D eigenvalue weighted by Gasteiger charge is 2.58. The first-order valence-electron chi connectivity index (χ1n) is 9.94. The standard InChI is InChI=1S/C23H27ClN2O2/c1-15-9-16(2)11-19(10-15)25-22(28)20-13-23(20)5-7-26(8-6-23)14-17-12-18(24)3-4-21(17)27/h3-4,9-12,20,27H,5-8,13-14H2,1-2H3,(H,25,28)/t20-/m1/s1. The number of hydrogen-bond acceptors (Lipinski definition) is 3. The number of benzene rings is 2. The third-order valence-corrected chi connectivity index (χ3v) is 6.52. The van der Waals surface area contributed by atoms with Crippen molar-refractivity contribution in [3.63, 3.8) is 0 Å². The summed E-state index contributed by atoms with van der Waals surface area (Å²) < 4.78 is 0. The number of rotatable bonds is 4. The number of phenolic OH excluding ortho intramolecular Hbond substituents is 1. The second-order valence-corrected chi connectivity index (χ2v) is 8.97. The van der Waals surface area contributed by atoms with Gasteiger partial charge in [0.2, 0.25) is 5.91 Å². The van der Waals surface area contributed by atoms with Gasteiger partial charge in [-0.3, -0.25) is 9.69 Å². The van der Waals surface area contributed by atoms with Crippen LogP contribution >= 0.6 is 11.6 Å². The Labute approximate surface area is 171 Å². The van der Waals surface area contributed by atoms with E-state index in [1.807, 2.05) is 18.2 Å². The Hall–Kier alpha value is -2.04. The normalized spacial score (nSPS) is 20.9. The van der Waals surface area contributed by atoms with E-state index < -0.39 is 0 Å².